The van der Waals surface area contributed by atoms with Gasteiger partial charge in [0.05, 0.1) is 6.61 Å². The van der Waals surface area contributed by atoms with Gasteiger partial charge in [-0.25, -0.2) is 0 Å². The van der Waals surface area contributed by atoms with Crippen LogP contribution >= 0.6 is 0 Å². The first-order valence-electron chi connectivity index (χ1n) is 6.65. The summed E-state index contributed by atoms with van der Waals surface area (Å²) in [6, 6.07) is 14.7. The normalized spacial score (nSPS) is 10.6. The van der Waals surface area contributed by atoms with Crippen LogP contribution in [0.4, 0.5) is 0 Å². The number of rotatable bonds is 6. The maximum absolute atomic E-state index is 11.4. The zero-order valence-corrected chi connectivity index (χ0v) is 10.9. The number of carbonyl (C=O) groups is 1. The summed E-state index contributed by atoms with van der Waals surface area (Å²) >= 11 is 0. The molecule has 0 bridgehead atoms. The number of hydrogen-bond donors (Lipinski definition) is 2. The lowest BCUT2D eigenvalue weighted by atomic mass is 10.0. The Hall–Kier alpha value is -1.87. The number of aliphatic hydroxyl groups excluding tert-OH is 1. The van der Waals surface area contributed by atoms with Gasteiger partial charge in [0.2, 0.25) is 5.91 Å². The summed E-state index contributed by atoms with van der Waals surface area (Å²) in [6.45, 7) is 0.339. The Morgan fingerprint density at radius 1 is 1.11 bits per heavy atom. The monoisotopic (exact) mass is 257 g/mol. The van der Waals surface area contributed by atoms with Crippen molar-refractivity contribution in [2.75, 3.05) is 13.2 Å². The molecular formula is C16H19NO2. The van der Waals surface area contributed by atoms with Gasteiger partial charge in [-0.05, 0) is 29.2 Å². The van der Waals surface area contributed by atoms with Gasteiger partial charge in [-0.2, -0.15) is 0 Å². The van der Waals surface area contributed by atoms with Gasteiger partial charge in [0.1, 0.15) is 0 Å². The van der Waals surface area contributed by atoms with Crippen LogP contribution in [0.3, 0.4) is 0 Å². The average molecular weight is 257 g/mol. The molecule has 2 aromatic carbocycles. The van der Waals surface area contributed by atoms with E-state index in [0.717, 1.165) is 12.8 Å². The summed E-state index contributed by atoms with van der Waals surface area (Å²) in [6.07, 6.45) is 2.24. The summed E-state index contributed by atoms with van der Waals surface area (Å²) in [5.41, 5.74) is 1.26. The van der Waals surface area contributed by atoms with Gasteiger partial charge in [0.25, 0.3) is 0 Å². The molecule has 0 fully saturated rings. The van der Waals surface area contributed by atoms with Crippen LogP contribution in [0.25, 0.3) is 10.8 Å². The number of aryl methyl sites for hydroxylation is 1. The second kappa shape index (κ2) is 6.90. The van der Waals surface area contributed by atoms with Crippen molar-refractivity contribution in [1.82, 2.24) is 5.32 Å². The van der Waals surface area contributed by atoms with Crippen LogP contribution < -0.4 is 5.32 Å². The van der Waals surface area contributed by atoms with E-state index >= 15 is 0 Å². The second-order valence-electron chi connectivity index (χ2n) is 4.61. The molecule has 0 atom stereocenters. The fourth-order valence-corrected chi connectivity index (χ4v) is 2.13. The van der Waals surface area contributed by atoms with E-state index in [1.807, 2.05) is 12.1 Å². The van der Waals surface area contributed by atoms with Gasteiger partial charge < -0.3 is 10.4 Å². The van der Waals surface area contributed by atoms with Gasteiger partial charge in [-0.3, -0.25) is 4.79 Å². The third kappa shape index (κ3) is 4.07. The van der Waals surface area contributed by atoms with Crippen LogP contribution in [0.1, 0.15) is 18.4 Å². The van der Waals surface area contributed by atoms with Crippen molar-refractivity contribution in [3.63, 3.8) is 0 Å². The minimum Gasteiger partial charge on any atom is -0.395 e. The van der Waals surface area contributed by atoms with Gasteiger partial charge in [0.15, 0.2) is 0 Å². The lowest BCUT2D eigenvalue weighted by Gasteiger charge is -2.05. The molecule has 3 heteroatoms. The lowest BCUT2D eigenvalue weighted by Crippen LogP contribution is -2.26. The highest BCUT2D eigenvalue weighted by Crippen LogP contribution is 2.16. The molecule has 0 aliphatic rings. The number of carbonyl (C=O) groups excluding carboxylic acids is 1. The second-order valence-corrected chi connectivity index (χ2v) is 4.61. The molecule has 0 aliphatic heterocycles. The Morgan fingerprint density at radius 3 is 2.68 bits per heavy atom. The molecule has 0 spiro atoms. The third-order valence-corrected chi connectivity index (χ3v) is 3.12. The van der Waals surface area contributed by atoms with Gasteiger partial charge in [-0.15, -0.1) is 0 Å². The van der Waals surface area contributed by atoms with Crippen molar-refractivity contribution in [3.05, 3.63) is 48.0 Å². The summed E-state index contributed by atoms with van der Waals surface area (Å²) < 4.78 is 0. The number of nitrogens with one attached hydrogen (secondary N) is 1. The Kier molecular flexibility index (Phi) is 4.93. The minimum absolute atomic E-state index is 0.00356. The van der Waals surface area contributed by atoms with Crippen molar-refractivity contribution in [3.8, 4) is 0 Å². The molecule has 0 aliphatic carbocycles. The molecule has 0 heterocycles. The van der Waals surface area contributed by atoms with E-state index in [1.165, 1.54) is 16.3 Å². The molecule has 100 valence electrons. The van der Waals surface area contributed by atoms with Crippen LogP contribution in [0.15, 0.2) is 42.5 Å². The van der Waals surface area contributed by atoms with Gasteiger partial charge >= 0.3 is 0 Å². The van der Waals surface area contributed by atoms with Crippen molar-refractivity contribution in [2.45, 2.75) is 19.3 Å². The predicted molar refractivity (Wildman–Crippen MR) is 77.0 cm³/mol. The topological polar surface area (TPSA) is 49.3 Å². The first kappa shape index (κ1) is 13.6. The van der Waals surface area contributed by atoms with Gasteiger partial charge in [0, 0.05) is 13.0 Å². The Balaban J connectivity index is 1.86. The Bertz CT molecular complexity index is 551. The average Bonchev–Trinajstić information content (AvgIpc) is 2.45. The molecule has 2 aromatic rings. The van der Waals surface area contributed by atoms with Crippen LogP contribution in [0.2, 0.25) is 0 Å². The van der Waals surface area contributed by atoms with Crippen molar-refractivity contribution in [1.29, 1.82) is 0 Å². The van der Waals surface area contributed by atoms with Crippen LogP contribution in [0.5, 0.6) is 0 Å². The largest absolute Gasteiger partial charge is 0.395 e. The summed E-state index contributed by atoms with van der Waals surface area (Å²) in [5.74, 6) is 0.00911. The van der Waals surface area contributed by atoms with E-state index in [0.29, 0.717) is 13.0 Å². The Morgan fingerprint density at radius 2 is 1.89 bits per heavy atom. The highest BCUT2D eigenvalue weighted by Gasteiger charge is 2.01. The van der Waals surface area contributed by atoms with E-state index in [9.17, 15) is 4.79 Å². The molecule has 2 N–H and O–H groups in total. The van der Waals surface area contributed by atoms with Crippen molar-refractivity contribution in [2.24, 2.45) is 0 Å². The van der Waals surface area contributed by atoms with E-state index in [1.54, 1.807) is 0 Å². The summed E-state index contributed by atoms with van der Waals surface area (Å²) in [5, 5.41) is 13.7. The van der Waals surface area contributed by atoms with Crippen LogP contribution in [-0.2, 0) is 11.2 Å². The highest BCUT2D eigenvalue weighted by atomic mass is 16.3. The van der Waals surface area contributed by atoms with Crippen LogP contribution in [0, 0.1) is 0 Å². The maximum Gasteiger partial charge on any atom is 0.220 e. The van der Waals surface area contributed by atoms with E-state index in [2.05, 4.69) is 35.6 Å². The van der Waals surface area contributed by atoms with Gasteiger partial charge in [-0.1, -0.05) is 42.5 Å². The first-order chi connectivity index (χ1) is 9.29. The summed E-state index contributed by atoms with van der Waals surface area (Å²) in [4.78, 5) is 11.4. The van der Waals surface area contributed by atoms with E-state index < -0.39 is 0 Å². The number of aliphatic hydroxyl groups is 1. The predicted octanol–water partition coefficient (Wildman–Crippen LogP) is 2.27. The maximum atomic E-state index is 11.4. The molecule has 0 unspecified atom stereocenters. The van der Waals surface area contributed by atoms with Crippen molar-refractivity contribution >= 4 is 16.7 Å². The lowest BCUT2D eigenvalue weighted by molar-refractivity contribution is -0.121. The molecule has 2 rings (SSSR count). The number of fused-ring (bicyclic) bond motifs is 1. The Labute approximate surface area is 113 Å². The van der Waals surface area contributed by atoms with Crippen LogP contribution in [-0.4, -0.2) is 24.2 Å². The minimum atomic E-state index is -0.00356. The summed E-state index contributed by atoms with van der Waals surface area (Å²) in [7, 11) is 0. The standard InChI is InChI=1S/C16H19NO2/c18-11-10-17-16(19)7-3-4-13-8-9-14-5-1-2-6-15(14)12-13/h1-2,5-6,8-9,12,18H,3-4,7,10-11H2,(H,17,19). The van der Waals surface area contributed by atoms with E-state index in [-0.39, 0.29) is 12.5 Å². The fraction of sp³-hybridized carbons (Fsp3) is 0.312. The fourth-order valence-electron chi connectivity index (χ4n) is 2.13. The molecule has 3 nitrogen and oxygen atoms in total. The number of hydrogen-bond acceptors (Lipinski definition) is 2. The quantitative estimate of drug-likeness (QED) is 0.834. The number of benzene rings is 2. The highest BCUT2D eigenvalue weighted by molar-refractivity contribution is 5.83. The third-order valence-electron chi connectivity index (χ3n) is 3.12. The molecule has 0 saturated carbocycles. The van der Waals surface area contributed by atoms with E-state index in [4.69, 9.17) is 5.11 Å². The molecule has 0 aromatic heterocycles. The molecular weight excluding hydrogens is 238 g/mol. The number of amides is 1. The van der Waals surface area contributed by atoms with Crippen molar-refractivity contribution < 1.29 is 9.90 Å². The first-order valence-corrected chi connectivity index (χ1v) is 6.65. The SMILES string of the molecule is O=C(CCCc1ccc2ccccc2c1)NCCO. The smallest absolute Gasteiger partial charge is 0.220 e. The molecule has 1 amide bonds. The zero-order chi connectivity index (χ0) is 13.5. The molecule has 19 heavy (non-hydrogen) atoms. The molecule has 0 saturated heterocycles. The zero-order valence-electron chi connectivity index (χ0n) is 10.9. The molecule has 0 radical (unpaired) electrons.